The van der Waals surface area contributed by atoms with Crippen LogP contribution in [0.4, 0.5) is 96.1 Å². The normalized spacial score (nSPS) is 13.2. The molecule has 0 saturated heterocycles. The van der Waals surface area contributed by atoms with Gasteiger partial charge >= 0.3 is 55.0 Å². The average molecular weight is 1330 g/mol. The van der Waals surface area contributed by atoms with Crippen LogP contribution in [0, 0.1) is 0 Å². The van der Waals surface area contributed by atoms with Crippen molar-refractivity contribution < 1.29 is 109 Å². The number of alkyl halides is 18. The summed E-state index contributed by atoms with van der Waals surface area (Å²) in [6.45, 7) is 5.68. The van der Waals surface area contributed by atoms with Crippen LogP contribution in [0.25, 0.3) is 0 Å². The maximum atomic E-state index is 13.4. The Morgan fingerprint density at radius 1 is 0.333 bits per heavy atom. The van der Waals surface area contributed by atoms with E-state index in [2.05, 4.69) is 83.5 Å². The lowest BCUT2D eigenvalue weighted by molar-refractivity contribution is -0.140. The van der Waals surface area contributed by atoms with E-state index in [-0.39, 0.29) is 34.0 Å². The van der Waals surface area contributed by atoms with Gasteiger partial charge in [-0.15, -0.1) is 0 Å². The number of carbonyl (C=O) groups is 3. The van der Waals surface area contributed by atoms with Gasteiger partial charge in [-0.3, -0.25) is 0 Å². The first-order valence-corrected chi connectivity index (χ1v) is 27.3. The number of halogens is 18. The SMILES string of the molecule is CC(C)c1ccc(NC(C(=O)O)c2cccc(C(F)(F)F)c2)c(C(F)(F)F)c1.CC(Cc1ccccc1)c1ccccc1.O=C(O)C(Nc1ccc(C(F)(F)F)cc1)c1cccc(C(F)(F)F)c1.O=C(O)C(Nc1cccc(C(F)(F)F)c1)c1cccc(C(F)(F)F)c1. The van der Waals surface area contributed by atoms with E-state index in [0.29, 0.717) is 35.7 Å². The molecule has 0 fully saturated rings. The average Bonchev–Trinajstić information content (AvgIpc) is 1.32. The monoisotopic (exact) mass is 1330 g/mol. The molecule has 0 spiro atoms. The maximum Gasteiger partial charge on any atom is 0.418 e. The van der Waals surface area contributed by atoms with Crippen molar-refractivity contribution in [3.63, 3.8) is 0 Å². The second-order valence-electron chi connectivity index (χ2n) is 20.7. The predicted molar refractivity (Wildman–Crippen MR) is 310 cm³/mol. The van der Waals surface area contributed by atoms with Crippen LogP contribution in [-0.2, 0) is 57.9 Å². The van der Waals surface area contributed by atoms with Crippen molar-refractivity contribution in [1.82, 2.24) is 0 Å². The summed E-state index contributed by atoms with van der Waals surface area (Å²) >= 11 is 0. The van der Waals surface area contributed by atoms with E-state index in [1.807, 2.05) is 0 Å². The van der Waals surface area contributed by atoms with Crippen molar-refractivity contribution in [2.24, 2.45) is 0 Å². The highest BCUT2D eigenvalue weighted by atomic mass is 19.4. The van der Waals surface area contributed by atoms with Crippen molar-refractivity contribution in [2.75, 3.05) is 16.0 Å². The Bertz CT molecular complexity index is 3740. The number of hydrogen-bond acceptors (Lipinski definition) is 6. The summed E-state index contributed by atoms with van der Waals surface area (Å²) in [5.74, 6) is -4.22. The van der Waals surface area contributed by atoms with Gasteiger partial charge in [0.25, 0.3) is 0 Å². The van der Waals surface area contributed by atoms with Gasteiger partial charge in [-0.2, -0.15) is 79.0 Å². The zero-order valence-electron chi connectivity index (χ0n) is 48.5. The smallest absolute Gasteiger partial charge is 0.418 e. The molecule has 9 nitrogen and oxygen atoms in total. The maximum absolute atomic E-state index is 13.4. The van der Waals surface area contributed by atoms with E-state index in [1.165, 1.54) is 29.3 Å². The molecule has 0 aliphatic carbocycles. The third-order valence-corrected chi connectivity index (χ3v) is 13.5. The summed E-state index contributed by atoms with van der Waals surface area (Å²) in [7, 11) is 0. The summed E-state index contributed by atoms with van der Waals surface area (Å²) in [6.07, 6.45) is -26.9. The van der Waals surface area contributed by atoms with Gasteiger partial charge in [0.2, 0.25) is 0 Å². The molecule has 8 aromatic rings. The Labute approximate surface area is 519 Å². The molecule has 6 N–H and O–H groups in total. The van der Waals surface area contributed by atoms with Gasteiger partial charge in [0.15, 0.2) is 18.1 Å². The Morgan fingerprint density at radius 3 is 1.06 bits per heavy atom. The number of aliphatic carboxylic acids is 3. The van der Waals surface area contributed by atoms with Crippen molar-refractivity contribution >= 4 is 35.0 Å². The molecule has 4 unspecified atom stereocenters. The van der Waals surface area contributed by atoms with Gasteiger partial charge in [-0.05, 0) is 143 Å². The van der Waals surface area contributed by atoms with Crippen LogP contribution in [0.3, 0.4) is 0 Å². The van der Waals surface area contributed by atoms with E-state index in [4.69, 9.17) is 0 Å². The minimum atomic E-state index is -4.77. The lowest BCUT2D eigenvalue weighted by Crippen LogP contribution is -2.23. The second kappa shape index (κ2) is 31.1. The number of nitrogens with one attached hydrogen (secondary N) is 3. The molecule has 0 saturated carbocycles. The molecule has 0 amide bonds. The minimum absolute atomic E-state index is 0.0258. The first kappa shape index (κ1) is 74.0. The Balaban J connectivity index is 0.000000229. The van der Waals surface area contributed by atoms with Crippen LogP contribution >= 0.6 is 0 Å². The molecular weight excluding hydrogens is 1270 g/mol. The Kier molecular flexibility index (Phi) is 24.7. The zero-order chi connectivity index (χ0) is 69.4. The minimum Gasteiger partial charge on any atom is -0.479 e. The van der Waals surface area contributed by atoms with Crippen LogP contribution in [0.15, 0.2) is 200 Å². The number of rotatable bonds is 16. The molecule has 0 bridgehead atoms. The van der Waals surface area contributed by atoms with Crippen LogP contribution in [0.5, 0.6) is 0 Å². The van der Waals surface area contributed by atoms with E-state index in [0.717, 1.165) is 103 Å². The van der Waals surface area contributed by atoms with Crippen molar-refractivity contribution in [3.05, 3.63) is 267 Å². The van der Waals surface area contributed by atoms with E-state index in [9.17, 15) is 109 Å². The number of carboxylic acid groups (broad SMARTS) is 3. The lowest BCUT2D eigenvalue weighted by Gasteiger charge is -2.22. The van der Waals surface area contributed by atoms with Crippen LogP contribution in [0.1, 0.15) is 117 Å². The molecule has 0 heterocycles. The summed E-state index contributed by atoms with van der Waals surface area (Å²) in [5, 5.41) is 34.8. The molecule has 0 radical (unpaired) electrons. The molecule has 27 heteroatoms. The van der Waals surface area contributed by atoms with Gasteiger partial charge in [-0.25, -0.2) is 14.4 Å². The van der Waals surface area contributed by atoms with E-state index < -0.39 is 112 Å². The van der Waals surface area contributed by atoms with E-state index in [1.54, 1.807) is 13.8 Å². The van der Waals surface area contributed by atoms with Crippen molar-refractivity contribution in [2.45, 2.75) is 94.2 Å². The highest BCUT2D eigenvalue weighted by Gasteiger charge is 2.38. The van der Waals surface area contributed by atoms with Gasteiger partial charge in [0.1, 0.15) is 0 Å². The molecule has 496 valence electrons. The highest BCUT2D eigenvalue weighted by molar-refractivity contribution is 5.81. The summed E-state index contributed by atoms with van der Waals surface area (Å²) < 4.78 is 231. The molecule has 4 atom stereocenters. The number of carboxylic acids is 3. The molecule has 8 rings (SSSR count). The third kappa shape index (κ3) is 22.6. The third-order valence-electron chi connectivity index (χ3n) is 13.5. The lowest BCUT2D eigenvalue weighted by atomic mass is 9.94. The fraction of sp³-hybridized carbons (Fsp3) is 0.227. The summed E-state index contributed by atoms with van der Waals surface area (Å²) in [5.41, 5.74) is -4.38. The van der Waals surface area contributed by atoms with Gasteiger partial charge in [-0.1, -0.05) is 130 Å². The Morgan fingerprint density at radius 2 is 0.688 bits per heavy atom. The summed E-state index contributed by atoms with van der Waals surface area (Å²) in [4.78, 5) is 34.3. The number of benzene rings is 8. The van der Waals surface area contributed by atoms with Crippen molar-refractivity contribution in [3.8, 4) is 0 Å². The zero-order valence-corrected chi connectivity index (χ0v) is 48.5. The summed E-state index contributed by atoms with van der Waals surface area (Å²) in [6, 6.07) is 37.7. The number of hydrogen-bond donors (Lipinski definition) is 6. The molecule has 8 aromatic carbocycles. The second-order valence-corrected chi connectivity index (χ2v) is 20.7. The molecular formula is C66H55F18N3O6. The predicted octanol–water partition coefficient (Wildman–Crippen LogP) is 20.0. The number of anilines is 3. The van der Waals surface area contributed by atoms with Crippen LogP contribution < -0.4 is 16.0 Å². The van der Waals surface area contributed by atoms with Crippen LogP contribution in [-0.4, -0.2) is 33.2 Å². The Hall–Kier alpha value is -9.69. The van der Waals surface area contributed by atoms with Gasteiger partial charge in [0.05, 0.1) is 33.4 Å². The fourth-order valence-corrected chi connectivity index (χ4v) is 8.72. The van der Waals surface area contributed by atoms with E-state index >= 15 is 0 Å². The quantitative estimate of drug-likeness (QED) is 0.0520. The highest BCUT2D eigenvalue weighted by Crippen LogP contribution is 2.40. The first-order chi connectivity index (χ1) is 43.1. The van der Waals surface area contributed by atoms with Crippen molar-refractivity contribution in [1.29, 1.82) is 0 Å². The molecule has 0 aliphatic rings. The van der Waals surface area contributed by atoms with Crippen LogP contribution in [0.2, 0.25) is 0 Å². The molecule has 0 aliphatic heterocycles. The standard InChI is InChI=1S/C19H17F6NO2.2C16H11F6NO2.C15H16/c1-10(2)11-6-7-15(14(9-11)19(23,24)25)26-16(17(27)28)12-4-3-5-13(8-12)18(20,21)22;17-15(18,19)10-4-1-3-9(7-10)13(14(24)25)23-12-6-2-5-11(8-12)16(20,21)22;17-15(18,19)10-4-6-12(7-5-10)23-13(14(24)25)9-2-1-3-11(8-9)16(20,21)22;1-13(15-10-6-3-7-11-15)12-14-8-4-2-5-9-14/h3-10,16,26H,1-2H3,(H,27,28);2*1-8,13,23H,(H,24,25);2-11,13H,12H2,1H3. The van der Waals surface area contributed by atoms with Gasteiger partial charge in [0, 0.05) is 17.1 Å². The molecule has 93 heavy (non-hydrogen) atoms. The van der Waals surface area contributed by atoms with Gasteiger partial charge < -0.3 is 31.3 Å². The topological polar surface area (TPSA) is 148 Å². The largest absolute Gasteiger partial charge is 0.479 e. The molecule has 0 aromatic heterocycles. The first-order valence-electron chi connectivity index (χ1n) is 27.3. The fourth-order valence-electron chi connectivity index (χ4n) is 8.72.